The van der Waals surface area contributed by atoms with Crippen LogP contribution in [-0.4, -0.2) is 60.3 Å². The van der Waals surface area contributed by atoms with Crippen LogP contribution in [0.3, 0.4) is 0 Å². The minimum Gasteiger partial charge on any atom is -0.357 e. The Morgan fingerprint density at radius 3 is 2.60 bits per heavy atom. The Balaban J connectivity index is 1.58. The highest BCUT2D eigenvalue weighted by molar-refractivity contribution is 5.84. The Hall–Kier alpha value is -2.83. The summed E-state index contributed by atoms with van der Waals surface area (Å²) >= 11 is 0. The van der Waals surface area contributed by atoms with Gasteiger partial charge in [0.25, 0.3) is 0 Å². The Bertz CT molecular complexity index is 836. The monoisotopic (exact) mass is 410 g/mol. The lowest BCUT2D eigenvalue weighted by Crippen LogP contribution is -2.43. The molecule has 1 aromatic carbocycles. The average molecular weight is 411 g/mol. The summed E-state index contributed by atoms with van der Waals surface area (Å²) in [5.74, 6) is 0.971. The maximum atomic E-state index is 12.8. The van der Waals surface area contributed by atoms with Crippen molar-refractivity contribution in [2.75, 3.05) is 33.7 Å². The summed E-state index contributed by atoms with van der Waals surface area (Å²) in [6, 6.07) is 10.1. The van der Waals surface area contributed by atoms with Gasteiger partial charge in [-0.25, -0.2) is 4.68 Å². The van der Waals surface area contributed by atoms with E-state index in [1.165, 1.54) is 0 Å². The molecular weight excluding hydrogens is 376 g/mol. The zero-order valence-corrected chi connectivity index (χ0v) is 18.4. The van der Waals surface area contributed by atoms with Crippen LogP contribution < -0.4 is 10.6 Å². The summed E-state index contributed by atoms with van der Waals surface area (Å²) in [5, 5.41) is 11.2. The summed E-state index contributed by atoms with van der Waals surface area (Å²) < 4.78 is 1.89. The molecule has 1 amide bonds. The number of aliphatic imine (C=N–C) groups is 1. The second-order valence-electron chi connectivity index (χ2n) is 8.19. The molecule has 1 aliphatic rings. The number of guanidine groups is 1. The lowest BCUT2D eigenvalue weighted by Gasteiger charge is -2.29. The van der Waals surface area contributed by atoms with E-state index < -0.39 is 0 Å². The maximum absolute atomic E-state index is 12.8. The zero-order valence-electron chi connectivity index (χ0n) is 18.4. The second kappa shape index (κ2) is 10.3. The quantitative estimate of drug-likeness (QED) is 0.518. The van der Waals surface area contributed by atoms with E-state index in [1.807, 2.05) is 55.3 Å². The van der Waals surface area contributed by atoms with Crippen LogP contribution in [0, 0.1) is 5.41 Å². The van der Waals surface area contributed by atoms with Gasteiger partial charge in [0, 0.05) is 33.4 Å². The van der Waals surface area contributed by atoms with Crippen molar-refractivity contribution in [2.45, 2.75) is 39.0 Å². The number of nitrogens with one attached hydrogen (secondary N) is 2. The third-order valence-electron chi connectivity index (χ3n) is 5.67. The molecule has 0 unspecified atom stereocenters. The lowest BCUT2D eigenvalue weighted by molar-refractivity contribution is -0.138. The predicted molar refractivity (Wildman–Crippen MR) is 121 cm³/mol. The molecule has 1 saturated carbocycles. The fourth-order valence-electron chi connectivity index (χ4n) is 4.07. The van der Waals surface area contributed by atoms with Crippen molar-refractivity contribution in [2.24, 2.45) is 10.4 Å². The minimum absolute atomic E-state index is 0.202. The molecule has 0 bridgehead atoms. The Labute approximate surface area is 179 Å². The number of carbonyl (C=O) groups is 1. The molecule has 1 heterocycles. The van der Waals surface area contributed by atoms with Crippen molar-refractivity contribution in [3.05, 3.63) is 48.3 Å². The molecular formula is C23H34N6O. The topological polar surface area (TPSA) is 74.6 Å². The van der Waals surface area contributed by atoms with E-state index in [2.05, 4.69) is 28.9 Å². The van der Waals surface area contributed by atoms with Gasteiger partial charge in [-0.2, -0.15) is 5.10 Å². The molecule has 162 valence electrons. The van der Waals surface area contributed by atoms with Crippen LogP contribution in [-0.2, 0) is 11.2 Å². The summed E-state index contributed by atoms with van der Waals surface area (Å²) in [5.41, 5.74) is 1.87. The van der Waals surface area contributed by atoms with Crippen molar-refractivity contribution in [3.63, 3.8) is 0 Å². The minimum atomic E-state index is -0.345. The molecule has 0 aliphatic heterocycles. The van der Waals surface area contributed by atoms with Gasteiger partial charge in [-0.1, -0.05) is 31.0 Å². The van der Waals surface area contributed by atoms with Crippen molar-refractivity contribution in [3.8, 4) is 5.69 Å². The highest BCUT2D eigenvalue weighted by atomic mass is 16.2. The van der Waals surface area contributed by atoms with Gasteiger partial charge in [0.05, 0.1) is 23.8 Å². The van der Waals surface area contributed by atoms with Crippen molar-refractivity contribution < 1.29 is 4.79 Å². The lowest BCUT2D eigenvalue weighted by atomic mass is 9.85. The van der Waals surface area contributed by atoms with Crippen LogP contribution in [0.4, 0.5) is 0 Å². The number of nitrogens with zero attached hydrogens (tertiary/aromatic N) is 4. The fraction of sp³-hybridized carbons (Fsp3) is 0.522. The summed E-state index contributed by atoms with van der Waals surface area (Å²) in [6.07, 6.45) is 8.86. The van der Waals surface area contributed by atoms with E-state index in [0.717, 1.165) is 62.4 Å². The first-order chi connectivity index (χ1) is 14.5. The number of hydrogen-bond acceptors (Lipinski definition) is 3. The number of para-hydroxylation sites is 1. The highest BCUT2D eigenvalue weighted by Crippen LogP contribution is 2.39. The van der Waals surface area contributed by atoms with Crippen LogP contribution in [0.15, 0.2) is 47.7 Å². The molecule has 2 N–H and O–H groups in total. The normalized spacial score (nSPS) is 15.8. The molecule has 1 fully saturated rings. The summed E-state index contributed by atoms with van der Waals surface area (Å²) in [7, 11) is 3.68. The summed E-state index contributed by atoms with van der Waals surface area (Å²) in [6.45, 7) is 4.12. The SMILES string of the molecule is CCNC(=NCC1(C(=O)N(C)C)CCCC1)NCCc1cnn(-c2ccccc2)c1. The first kappa shape index (κ1) is 21.9. The second-order valence-corrected chi connectivity index (χ2v) is 8.19. The molecule has 3 rings (SSSR count). The van der Waals surface area contributed by atoms with Crippen LogP contribution in [0.25, 0.3) is 5.69 Å². The zero-order chi connectivity index (χ0) is 21.4. The molecule has 2 aromatic rings. The van der Waals surface area contributed by atoms with Crippen LogP contribution in [0.2, 0.25) is 0 Å². The Morgan fingerprint density at radius 1 is 1.20 bits per heavy atom. The van der Waals surface area contributed by atoms with Crippen LogP contribution in [0.1, 0.15) is 38.2 Å². The van der Waals surface area contributed by atoms with Gasteiger partial charge in [-0.3, -0.25) is 9.79 Å². The van der Waals surface area contributed by atoms with Gasteiger partial charge in [0.1, 0.15) is 0 Å². The van der Waals surface area contributed by atoms with Crippen LogP contribution in [0.5, 0.6) is 0 Å². The molecule has 7 nitrogen and oxygen atoms in total. The smallest absolute Gasteiger partial charge is 0.230 e. The Morgan fingerprint density at radius 2 is 1.93 bits per heavy atom. The molecule has 0 atom stereocenters. The van der Waals surface area contributed by atoms with Gasteiger partial charge >= 0.3 is 0 Å². The van der Waals surface area contributed by atoms with Gasteiger partial charge in [0.2, 0.25) is 5.91 Å². The van der Waals surface area contributed by atoms with E-state index in [0.29, 0.717) is 6.54 Å². The molecule has 30 heavy (non-hydrogen) atoms. The van der Waals surface area contributed by atoms with Crippen LogP contribution >= 0.6 is 0 Å². The van der Waals surface area contributed by atoms with Crippen molar-refractivity contribution in [1.82, 2.24) is 25.3 Å². The van der Waals surface area contributed by atoms with Crippen molar-refractivity contribution >= 4 is 11.9 Å². The van der Waals surface area contributed by atoms with Gasteiger partial charge in [0.15, 0.2) is 5.96 Å². The molecule has 0 saturated heterocycles. The maximum Gasteiger partial charge on any atom is 0.230 e. The van der Waals surface area contributed by atoms with E-state index in [1.54, 1.807) is 4.90 Å². The third-order valence-corrected chi connectivity index (χ3v) is 5.67. The van der Waals surface area contributed by atoms with Gasteiger partial charge in [-0.05, 0) is 43.9 Å². The number of carbonyl (C=O) groups excluding carboxylic acids is 1. The van der Waals surface area contributed by atoms with E-state index in [-0.39, 0.29) is 11.3 Å². The van der Waals surface area contributed by atoms with Gasteiger partial charge in [-0.15, -0.1) is 0 Å². The number of amides is 1. The first-order valence-electron chi connectivity index (χ1n) is 10.9. The fourth-order valence-corrected chi connectivity index (χ4v) is 4.07. The number of benzene rings is 1. The van der Waals surface area contributed by atoms with E-state index in [9.17, 15) is 4.79 Å². The standard InChI is InChI=1S/C23H34N6O/c1-4-24-22(26-18-23(13-8-9-14-23)21(30)28(2)3)25-15-12-19-16-27-29(17-19)20-10-6-5-7-11-20/h5-7,10-11,16-17H,4,8-9,12-15,18H2,1-3H3,(H2,24,25,26). The third kappa shape index (κ3) is 5.40. The molecule has 0 radical (unpaired) electrons. The van der Waals surface area contributed by atoms with Crippen molar-refractivity contribution in [1.29, 1.82) is 0 Å². The van der Waals surface area contributed by atoms with E-state index in [4.69, 9.17) is 4.99 Å². The molecule has 1 aliphatic carbocycles. The van der Waals surface area contributed by atoms with Gasteiger partial charge < -0.3 is 15.5 Å². The predicted octanol–water partition coefficient (Wildman–Crippen LogP) is 2.62. The highest BCUT2D eigenvalue weighted by Gasteiger charge is 2.42. The largest absolute Gasteiger partial charge is 0.357 e. The number of hydrogen-bond donors (Lipinski definition) is 2. The molecule has 7 heteroatoms. The number of aromatic nitrogens is 2. The summed E-state index contributed by atoms with van der Waals surface area (Å²) in [4.78, 5) is 19.3. The van der Waals surface area contributed by atoms with E-state index >= 15 is 0 Å². The Kier molecular flexibility index (Phi) is 7.49. The molecule has 1 aromatic heterocycles. The molecule has 0 spiro atoms. The number of rotatable bonds is 8. The average Bonchev–Trinajstić information content (AvgIpc) is 3.42. The first-order valence-corrected chi connectivity index (χ1v) is 10.9.